The number of nitrogens with zero attached hydrogens (tertiary/aromatic N) is 3. The molecule has 0 aliphatic carbocycles. The number of halogens is 2. The van der Waals surface area contributed by atoms with Crippen molar-refractivity contribution in [3.05, 3.63) is 57.1 Å². The van der Waals surface area contributed by atoms with Crippen molar-refractivity contribution in [3.63, 3.8) is 0 Å². The lowest BCUT2D eigenvalue weighted by molar-refractivity contribution is 0.176. The molecule has 6 nitrogen and oxygen atoms in total. The lowest BCUT2D eigenvalue weighted by Crippen LogP contribution is -2.45. The van der Waals surface area contributed by atoms with E-state index < -0.39 is 6.04 Å². The van der Waals surface area contributed by atoms with Gasteiger partial charge in [-0.15, -0.1) is 0 Å². The fourth-order valence-electron chi connectivity index (χ4n) is 3.19. The van der Waals surface area contributed by atoms with Crippen LogP contribution in [0, 0.1) is 5.92 Å². The van der Waals surface area contributed by atoms with Gasteiger partial charge >= 0.3 is 6.03 Å². The number of urea groups is 1. The minimum atomic E-state index is -0.564. The third-order valence-corrected chi connectivity index (χ3v) is 5.44. The molecule has 0 bridgehead atoms. The Labute approximate surface area is 174 Å². The minimum absolute atomic E-state index is 0.241. The molecular formula is C20H24Cl2N4O2. The Hall–Kier alpha value is -1.89. The molecule has 0 spiro atoms. The van der Waals surface area contributed by atoms with Gasteiger partial charge in [0.05, 0.1) is 34.9 Å². The molecule has 8 heteroatoms. The Bertz CT molecular complexity index is 860. The van der Waals surface area contributed by atoms with Gasteiger partial charge in [-0.1, -0.05) is 43.1 Å². The molecule has 1 atom stereocenters. The van der Waals surface area contributed by atoms with Crippen LogP contribution in [-0.2, 0) is 19.4 Å². The molecule has 3 rings (SSSR count). The van der Waals surface area contributed by atoms with Crippen molar-refractivity contribution in [1.82, 2.24) is 20.2 Å². The van der Waals surface area contributed by atoms with Crippen LogP contribution in [0.5, 0.6) is 0 Å². The van der Waals surface area contributed by atoms with Crippen LogP contribution in [-0.4, -0.2) is 39.2 Å². The predicted octanol–water partition coefficient (Wildman–Crippen LogP) is 3.78. The van der Waals surface area contributed by atoms with E-state index >= 15 is 0 Å². The molecule has 2 N–H and O–H groups in total. The van der Waals surface area contributed by atoms with Crippen molar-refractivity contribution in [1.29, 1.82) is 0 Å². The summed E-state index contributed by atoms with van der Waals surface area (Å²) in [5, 5.41) is 13.4. The zero-order valence-corrected chi connectivity index (χ0v) is 17.5. The Balaban J connectivity index is 1.70. The fraction of sp³-hybridized carbons (Fsp3) is 0.450. The molecule has 0 saturated heterocycles. The first-order chi connectivity index (χ1) is 13.4. The van der Waals surface area contributed by atoms with Crippen molar-refractivity contribution in [2.24, 2.45) is 5.92 Å². The molecule has 0 unspecified atom stereocenters. The molecule has 2 heterocycles. The van der Waals surface area contributed by atoms with Crippen LogP contribution < -0.4 is 5.32 Å². The number of carbonyl (C=O) groups is 1. The van der Waals surface area contributed by atoms with Gasteiger partial charge in [0.25, 0.3) is 0 Å². The zero-order valence-electron chi connectivity index (χ0n) is 16.0. The molecular weight excluding hydrogens is 399 g/mol. The van der Waals surface area contributed by atoms with Gasteiger partial charge in [0, 0.05) is 19.2 Å². The second-order valence-corrected chi connectivity index (χ2v) is 8.20. The highest BCUT2D eigenvalue weighted by molar-refractivity contribution is 6.42. The van der Waals surface area contributed by atoms with Gasteiger partial charge in [0.1, 0.15) is 5.82 Å². The molecule has 0 saturated carbocycles. The number of aliphatic hydroxyl groups is 1. The number of amides is 2. The van der Waals surface area contributed by atoms with Crippen molar-refractivity contribution >= 4 is 29.2 Å². The van der Waals surface area contributed by atoms with Crippen LogP contribution in [0.25, 0.3) is 0 Å². The molecule has 0 fully saturated rings. The van der Waals surface area contributed by atoms with Gasteiger partial charge in [-0.2, -0.15) is 0 Å². The first kappa shape index (κ1) is 20.8. The molecule has 2 amide bonds. The minimum Gasteiger partial charge on any atom is -0.394 e. The molecule has 1 aliphatic rings. The van der Waals surface area contributed by atoms with E-state index in [0.717, 1.165) is 23.5 Å². The lowest BCUT2D eigenvalue weighted by atomic mass is 10.1. The van der Waals surface area contributed by atoms with Gasteiger partial charge in [-0.05, 0) is 35.6 Å². The van der Waals surface area contributed by atoms with E-state index in [1.807, 2.05) is 6.20 Å². The third-order valence-electron chi connectivity index (χ3n) is 4.70. The van der Waals surface area contributed by atoms with Gasteiger partial charge in [0.2, 0.25) is 0 Å². The average Bonchev–Trinajstić information content (AvgIpc) is 2.67. The standard InChI is InChI=1S/C20H24Cl2N4O2/c1-12(2)7-19-23-9-14-5-6-26(10-17(14)24-19)20(28)25-18(11-27)13-3-4-15(21)16(22)8-13/h3-4,8-9,12,18,27H,5-7,10-11H2,1-2H3,(H,25,28)/t18-/m1/s1. The summed E-state index contributed by atoms with van der Waals surface area (Å²) in [5.74, 6) is 1.28. The maximum Gasteiger partial charge on any atom is 0.318 e. The summed E-state index contributed by atoms with van der Waals surface area (Å²) in [6.45, 7) is 5.01. The number of carbonyl (C=O) groups excluding carboxylic acids is 1. The smallest absolute Gasteiger partial charge is 0.318 e. The van der Waals surface area contributed by atoms with Gasteiger partial charge in [-0.3, -0.25) is 0 Å². The second-order valence-electron chi connectivity index (χ2n) is 7.39. The predicted molar refractivity (Wildman–Crippen MR) is 110 cm³/mol. The monoisotopic (exact) mass is 422 g/mol. The van der Waals surface area contributed by atoms with Crippen molar-refractivity contribution in [2.75, 3.05) is 13.2 Å². The maximum atomic E-state index is 12.8. The van der Waals surface area contributed by atoms with E-state index in [9.17, 15) is 9.90 Å². The highest BCUT2D eigenvalue weighted by atomic mass is 35.5. The Kier molecular flexibility index (Phi) is 6.75. The molecule has 1 aromatic heterocycles. The van der Waals surface area contributed by atoms with E-state index in [2.05, 4.69) is 29.1 Å². The summed E-state index contributed by atoms with van der Waals surface area (Å²) >= 11 is 12.0. The van der Waals surface area contributed by atoms with Crippen LogP contribution in [0.3, 0.4) is 0 Å². The molecule has 28 heavy (non-hydrogen) atoms. The van der Waals surface area contributed by atoms with Crippen LogP contribution in [0.15, 0.2) is 24.4 Å². The number of fused-ring (bicyclic) bond motifs is 1. The number of benzene rings is 1. The van der Waals surface area contributed by atoms with Crippen molar-refractivity contribution < 1.29 is 9.90 Å². The maximum absolute atomic E-state index is 12.8. The van der Waals surface area contributed by atoms with E-state index in [0.29, 0.717) is 41.0 Å². The quantitative estimate of drug-likeness (QED) is 0.767. The van der Waals surface area contributed by atoms with E-state index in [-0.39, 0.29) is 12.6 Å². The number of nitrogens with one attached hydrogen (secondary N) is 1. The molecule has 1 aromatic carbocycles. The van der Waals surface area contributed by atoms with Crippen LogP contribution in [0.4, 0.5) is 4.79 Å². The van der Waals surface area contributed by atoms with Crippen LogP contribution in [0.1, 0.15) is 42.5 Å². The number of aliphatic hydroxyl groups excluding tert-OH is 1. The molecule has 150 valence electrons. The van der Waals surface area contributed by atoms with E-state index in [4.69, 9.17) is 23.2 Å². The summed E-state index contributed by atoms with van der Waals surface area (Å²) in [5.41, 5.74) is 2.67. The molecule has 0 radical (unpaired) electrons. The number of hydrogen-bond acceptors (Lipinski definition) is 4. The Morgan fingerprint density at radius 3 is 2.79 bits per heavy atom. The SMILES string of the molecule is CC(C)Cc1ncc2c(n1)CN(C(=O)N[C@H](CO)c1ccc(Cl)c(Cl)c1)CC2. The first-order valence-corrected chi connectivity index (χ1v) is 10.1. The van der Waals surface area contributed by atoms with Crippen LogP contribution in [0.2, 0.25) is 10.0 Å². The number of aromatic nitrogens is 2. The van der Waals surface area contributed by atoms with Crippen LogP contribution >= 0.6 is 23.2 Å². The van der Waals surface area contributed by atoms with Gasteiger partial charge < -0.3 is 15.3 Å². The highest BCUT2D eigenvalue weighted by Gasteiger charge is 2.25. The second kappa shape index (κ2) is 9.07. The summed E-state index contributed by atoms with van der Waals surface area (Å²) in [7, 11) is 0. The fourth-order valence-corrected chi connectivity index (χ4v) is 3.49. The van der Waals surface area contributed by atoms with Crippen molar-refractivity contribution in [2.45, 2.75) is 39.3 Å². The van der Waals surface area contributed by atoms with Gasteiger partial charge in [-0.25, -0.2) is 14.8 Å². The summed E-state index contributed by atoms with van der Waals surface area (Å²) in [4.78, 5) is 23.6. The summed E-state index contributed by atoms with van der Waals surface area (Å²) in [6, 6.07) is 4.23. The average molecular weight is 423 g/mol. The largest absolute Gasteiger partial charge is 0.394 e. The number of hydrogen-bond donors (Lipinski definition) is 2. The first-order valence-electron chi connectivity index (χ1n) is 9.32. The van der Waals surface area contributed by atoms with Crippen molar-refractivity contribution in [3.8, 4) is 0 Å². The lowest BCUT2D eigenvalue weighted by Gasteiger charge is -2.30. The van der Waals surface area contributed by atoms with E-state index in [1.54, 1.807) is 23.1 Å². The normalized spacial score (nSPS) is 14.7. The molecule has 1 aliphatic heterocycles. The number of rotatable bonds is 5. The highest BCUT2D eigenvalue weighted by Crippen LogP contribution is 2.26. The van der Waals surface area contributed by atoms with Gasteiger partial charge in [0.15, 0.2) is 0 Å². The summed E-state index contributed by atoms with van der Waals surface area (Å²) < 4.78 is 0. The third kappa shape index (κ3) is 4.93. The molecule has 2 aromatic rings. The zero-order chi connectivity index (χ0) is 20.3. The summed E-state index contributed by atoms with van der Waals surface area (Å²) in [6.07, 6.45) is 3.40. The van der Waals surface area contributed by atoms with E-state index in [1.165, 1.54) is 0 Å². The topological polar surface area (TPSA) is 78.4 Å². The Morgan fingerprint density at radius 2 is 2.11 bits per heavy atom. The Morgan fingerprint density at radius 1 is 1.32 bits per heavy atom.